The highest BCUT2D eigenvalue weighted by molar-refractivity contribution is 6.14. The Balaban J connectivity index is 0.983. The Morgan fingerprint density at radius 2 is 0.662 bits per heavy atom. The number of fused-ring (bicyclic) bond motifs is 5. The van der Waals surface area contributed by atoms with Gasteiger partial charge < -0.3 is 14.2 Å². The zero-order valence-electron chi connectivity index (χ0n) is 40.6. The molecule has 0 saturated carbocycles. The molecule has 0 atom stereocenters. The lowest BCUT2D eigenvalue weighted by atomic mass is 9.96. The molecule has 3 nitrogen and oxygen atoms in total. The summed E-state index contributed by atoms with van der Waals surface area (Å²) in [6, 6.07) is 88.5. The van der Waals surface area contributed by atoms with E-state index in [2.05, 4.69) is 280 Å². The van der Waals surface area contributed by atoms with E-state index >= 15 is 0 Å². The average molecular weight is 915 g/mol. The van der Waals surface area contributed by atoms with Gasteiger partial charge in [-0.1, -0.05) is 191 Å². The van der Waals surface area contributed by atoms with Crippen LogP contribution in [-0.2, 0) is 0 Å². The molecule has 12 aromatic rings. The van der Waals surface area contributed by atoms with Gasteiger partial charge in [0.05, 0.1) is 17.1 Å². The molecule has 342 valence electrons. The molecule has 1 heterocycles. The zero-order chi connectivity index (χ0) is 48.0. The van der Waals surface area contributed by atoms with Crippen molar-refractivity contribution in [3.05, 3.63) is 254 Å². The fourth-order valence-electron chi connectivity index (χ4n) is 10.4. The largest absolute Gasteiger partial charge is 0.456 e. The first-order chi connectivity index (χ1) is 34.8. The van der Waals surface area contributed by atoms with Crippen LogP contribution in [0.3, 0.4) is 0 Å². The third-order valence-electron chi connectivity index (χ3n) is 14.2. The molecule has 0 radical (unpaired) electrons. The number of para-hydroxylation sites is 3. The molecular formula is C68H54N2O. The molecule has 71 heavy (non-hydrogen) atoms. The lowest BCUT2D eigenvalue weighted by molar-refractivity contribution is 0.670. The Kier molecular flexibility index (Phi) is 11.3. The normalized spacial score (nSPS) is 11.6. The van der Waals surface area contributed by atoms with E-state index < -0.39 is 0 Å². The minimum Gasteiger partial charge on any atom is -0.456 e. The minimum atomic E-state index is 0.443. The van der Waals surface area contributed by atoms with E-state index in [0.717, 1.165) is 83.2 Å². The number of rotatable bonds is 11. The van der Waals surface area contributed by atoms with Crippen molar-refractivity contribution in [1.82, 2.24) is 0 Å². The first-order valence-corrected chi connectivity index (χ1v) is 24.9. The van der Waals surface area contributed by atoms with Crippen molar-refractivity contribution < 1.29 is 4.42 Å². The summed E-state index contributed by atoms with van der Waals surface area (Å²) in [7, 11) is 0. The Morgan fingerprint density at radius 1 is 0.296 bits per heavy atom. The van der Waals surface area contributed by atoms with Crippen molar-refractivity contribution in [1.29, 1.82) is 0 Å². The van der Waals surface area contributed by atoms with E-state index in [9.17, 15) is 0 Å². The van der Waals surface area contributed by atoms with Gasteiger partial charge in [-0.15, -0.1) is 0 Å². The van der Waals surface area contributed by atoms with Crippen LogP contribution in [0.2, 0.25) is 0 Å². The van der Waals surface area contributed by atoms with E-state index in [1.165, 1.54) is 38.9 Å². The maximum Gasteiger partial charge on any atom is 0.136 e. The highest BCUT2D eigenvalue weighted by Gasteiger charge is 2.22. The topological polar surface area (TPSA) is 19.6 Å². The van der Waals surface area contributed by atoms with Crippen molar-refractivity contribution in [2.45, 2.75) is 39.5 Å². The molecule has 0 aliphatic carbocycles. The number of benzene rings is 11. The molecule has 11 aromatic carbocycles. The van der Waals surface area contributed by atoms with Crippen molar-refractivity contribution in [3.8, 4) is 33.4 Å². The van der Waals surface area contributed by atoms with Crippen LogP contribution < -0.4 is 9.80 Å². The van der Waals surface area contributed by atoms with Crippen LogP contribution in [0, 0.1) is 0 Å². The smallest absolute Gasteiger partial charge is 0.136 e. The minimum absolute atomic E-state index is 0.443. The van der Waals surface area contributed by atoms with Crippen LogP contribution in [-0.4, -0.2) is 0 Å². The summed E-state index contributed by atoms with van der Waals surface area (Å²) < 4.78 is 6.87. The molecule has 0 amide bonds. The predicted octanol–water partition coefficient (Wildman–Crippen LogP) is 20.1. The van der Waals surface area contributed by atoms with Crippen molar-refractivity contribution in [3.63, 3.8) is 0 Å². The predicted molar refractivity (Wildman–Crippen MR) is 303 cm³/mol. The zero-order valence-corrected chi connectivity index (χ0v) is 40.6. The highest BCUT2D eigenvalue weighted by atomic mass is 16.3. The summed E-state index contributed by atoms with van der Waals surface area (Å²) in [4.78, 5) is 4.82. The summed E-state index contributed by atoms with van der Waals surface area (Å²) in [5.41, 5.74) is 18.0. The van der Waals surface area contributed by atoms with Crippen LogP contribution in [0.5, 0.6) is 0 Å². The molecule has 0 spiro atoms. The number of nitrogens with zero attached hydrogens (tertiary/aromatic N) is 2. The van der Waals surface area contributed by atoms with Crippen LogP contribution in [0.15, 0.2) is 247 Å². The molecule has 12 rings (SSSR count). The first kappa shape index (κ1) is 43.6. The first-order valence-electron chi connectivity index (χ1n) is 24.9. The summed E-state index contributed by atoms with van der Waals surface area (Å²) in [5, 5.41) is 6.76. The summed E-state index contributed by atoms with van der Waals surface area (Å²) in [6.45, 7) is 8.99. The molecule has 0 N–H and O–H groups in total. The molecule has 0 saturated heterocycles. The van der Waals surface area contributed by atoms with E-state index in [0.29, 0.717) is 11.8 Å². The van der Waals surface area contributed by atoms with Crippen LogP contribution in [0.25, 0.3) is 76.9 Å². The molecule has 0 aliphatic heterocycles. The van der Waals surface area contributed by atoms with Crippen molar-refractivity contribution >= 4 is 77.6 Å². The second-order valence-corrected chi connectivity index (χ2v) is 19.3. The van der Waals surface area contributed by atoms with Gasteiger partial charge in [0.1, 0.15) is 11.2 Å². The average Bonchev–Trinajstić information content (AvgIpc) is 3.76. The van der Waals surface area contributed by atoms with Gasteiger partial charge in [-0.25, -0.2) is 0 Å². The van der Waals surface area contributed by atoms with Gasteiger partial charge in [0.15, 0.2) is 0 Å². The third kappa shape index (κ3) is 8.20. The van der Waals surface area contributed by atoms with Gasteiger partial charge in [0.25, 0.3) is 0 Å². The van der Waals surface area contributed by atoms with Crippen LogP contribution >= 0.6 is 0 Å². The molecule has 0 aliphatic rings. The lowest BCUT2D eigenvalue weighted by Gasteiger charge is -2.30. The van der Waals surface area contributed by atoms with Gasteiger partial charge in [0, 0.05) is 44.5 Å². The maximum absolute atomic E-state index is 6.87. The van der Waals surface area contributed by atoms with E-state index in [4.69, 9.17) is 4.42 Å². The number of furan rings is 1. The SMILES string of the molecule is CC(C)c1ccc(-c2ccccc2N(c2ccc3cc4c(cc3c2)oc2cc3cc(N(c5ccc(C(C)C)cc5)c5ccccc5-c5ccccc5)ccc3cc24)c2ccccc2-c2ccccc2)cc1. The Morgan fingerprint density at radius 3 is 1.11 bits per heavy atom. The second kappa shape index (κ2) is 18.3. The molecule has 1 aromatic heterocycles. The standard InChI is InChI=1S/C68H54N2O/c1-45(2)47-27-29-51(30-28-47)61-23-13-16-26-66(61)70(65-25-15-12-22-60(65)50-19-9-6-10-20-50)58-38-34-53-42-63-62-41-52-33-37-57(39-54(52)43-67(62)71-68(63)44-55(53)40-58)69(56-35-31-48(32-36-56)46(3)4)64-24-14-11-21-59(64)49-17-7-5-8-18-49/h5-46H,1-4H3. The van der Waals surface area contributed by atoms with E-state index in [-0.39, 0.29) is 0 Å². The molecule has 0 fully saturated rings. The number of anilines is 6. The highest BCUT2D eigenvalue weighted by Crippen LogP contribution is 2.47. The van der Waals surface area contributed by atoms with Crippen LogP contribution in [0.4, 0.5) is 34.1 Å². The van der Waals surface area contributed by atoms with Gasteiger partial charge in [-0.2, -0.15) is 0 Å². The Bertz CT molecular complexity index is 3870. The summed E-state index contributed by atoms with van der Waals surface area (Å²) >= 11 is 0. The fraction of sp³-hybridized carbons (Fsp3) is 0.0882. The van der Waals surface area contributed by atoms with Gasteiger partial charge >= 0.3 is 0 Å². The molecule has 0 bridgehead atoms. The van der Waals surface area contributed by atoms with Crippen LogP contribution in [0.1, 0.15) is 50.7 Å². The lowest BCUT2D eigenvalue weighted by Crippen LogP contribution is -2.12. The molecule has 0 unspecified atom stereocenters. The Hall–Kier alpha value is -8.66. The van der Waals surface area contributed by atoms with E-state index in [1.807, 2.05) is 0 Å². The van der Waals surface area contributed by atoms with Crippen molar-refractivity contribution in [2.75, 3.05) is 9.80 Å². The van der Waals surface area contributed by atoms with Gasteiger partial charge in [-0.05, 0) is 140 Å². The molecular weight excluding hydrogens is 861 g/mol. The summed E-state index contributed by atoms with van der Waals surface area (Å²) in [6.07, 6.45) is 0. The number of hydrogen-bond donors (Lipinski definition) is 0. The fourth-order valence-corrected chi connectivity index (χ4v) is 10.4. The number of hydrogen-bond acceptors (Lipinski definition) is 3. The van der Waals surface area contributed by atoms with Crippen molar-refractivity contribution in [2.24, 2.45) is 0 Å². The van der Waals surface area contributed by atoms with Gasteiger partial charge in [0.2, 0.25) is 0 Å². The molecule has 3 heteroatoms. The van der Waals surface area contributed by atoms with Gasteiger partial charge in [-0.3, -0.25) is 0 Å². The maximum atomic E-state index is 6.87. The monoisotopic (exact) mass is 914 g/mol. The summed E-state index contributed by atoms with van der Waals surface area (Å²) in [5.74, 6) is 0.901. The quantitative estimate of drug-likeness (QED) is 0.129. The third-order valence-corrected chi connectivity index (χ3v) is 14.2. The second-order valence-electron chi connectivity index (χ2n) is 19.3. The van der Waals surface area contributed by atoms with E-state index in [1.54, 1.807) is 0 Å². The Labute approximate surface area is 416 Å².